The monoisotopic (exact) mass is 228 g/mol. The Balaban J connectivity index is 4.06. The van der Waals surface area contributed by atoms with Crippen LogP contribution in [0.4, 0.5) is 0 Å². The Kier molecular flexibility index (Phi) is 6.57. The Morgan fingerprint density at radius 2 is 1.69 bits per heavy atom. The highest BCUT2D eigenvalue weighted by Crippen LogP contribution is 2.26. The van der Waals surface area contributed by atoms with Crippen molar-refractivity contribution in [2.24, 2.45) is 17.1 Å². The topological polar surface area (TPSA) is 38.0 Å². The van der Waals surface area contributed by atoms with E-state index in [1.54, 1.807) is 0 Å². The fraction of sp³-hybridized carbons (Fsp3) is 1.00. The highest BCUT2D eigenvalue weighted by molar-refractivity contribution is 4.84. The van der Waals surface area contributed by atoms with E-state index in [2.05, 4.69) is 46.9 Å². The third kappa shape index (κ3) is 8.12. The first kappa shape index (κ1) is 15.9. The largest absolute Gasteiger partial charge is 0.330 e. The van der Waals surface area contributed by atoms with E-state index in [0.717, 1.165) is 13.1 Å². The van der Waals surface area contributed by atoms with E-state index in [9.17, 15) is 0 Å². The molecule has 0 aromatic carbocycles. The quantitative estimate of drug-likeness (QED) is 0.702. The van der Waals surface area contributed by atoms with Crippen LogP contribution >= 0.6 is 0 Å². The van der Waals surface area contributed by atoms with E-state index >= 15 is 0 Å². The van der Waals surface area contributed by atoms with E-state index in [1.165, 1.54) is 19.3 Å². The fourth-order valence-corrected chi connectivity index (χ4v) is 2.52. The SMILES string of the molecule is CCCC(CN)CNC(C)(C)CC(C)(C)C. The second kappa shape index (κ2) is 6.61. The van der Waals surface area contributed by atoms with Crippen molar-refractivity contribution in [2.45, 2.75) is 66.3 Å². The molecule has 0 fully saturated rings. The molecule has 1 unspecified atom stereocenters. The molecule has 0 aliphatic carbocycles. The first-order valence-corrected chi connectivity index (χ1v) is 6.65. The van der Waals surface area contributed by atoms with Crippen molar-refractivity contribution in [3.8, 4) is 0 Å². The molecule has 2 nitrogen and oxygen atoms in total. The van der Waals surface area contributed by atoms with Crippen LogP contribution in [-0.2, 0) is 0 Å². The predicted octanol–water partition coefficient (Wildman–Crippen LogP) is 3.17. The van der Waals surface area contributed by atoms with Gasteiger partial charge in [0.05, 0.1) is 0 Å². The van der Waals surface area contributed by atoms with Crippen molar-refractivity contribution in [1.82, 2.24) is 5.32 Å². The molecule has 0 spiro atoms. The van der Waals surface area contributed by atoms with Crippen molar-refractivity contribution in [3.05, 3.63) is 0 Å². The summed E-state index contributed by atoms with van der Waals surface area (Å²) in [4.78, 5) is 0. The minimum Gasteiger partial charge on any atom is -0.330 e. The molecular formula is C14H32N2. The van der Waals surface area contributed by atoms with Crippen LogP contribution in [0.25, 0.3) is 0 Å². The van der Waals surface area contributed by atoms with Gasteiger partial charge in [0.25, 0.3) is 0 Å². The first-order valence-electron chi connectivity index (χ1n) is 6.65. The molecule has 0 heterocycles. The zero-order valence-electron chi connectivity index (χ0n) is 12.2. The summed E-state index contributed by atoms with van der Waals surface area (Å²) < 4.78 is 0. The minimum absolute atomic E-state index is 0.208. The summed E-state index contributed by atoms with van der Waals surface area (Å²) in [6, 6.07) is 0. The standard InChI is InChI=1S/C14H32N2/c1-7-8-12(9-15)10-16-14(5,6)11-13(2,3)4/h12,16H,7-11,15H2,1-6H3. The molecule has 1 atom stereocenters. The minimum atomic E-state index is 0.208. The molecule has 0 aromatic rings. The Labute approximate surface area is 102 Å². The van der Waals surface area contributed by atoms with Gasteiger partial charge in [0, 0.05) is 5.54 Å². The van der Waals surface area contributed by atoms with E-state index in [-0.39, 0.29) is 5.54 Å². The lowest BCUT2D eigenvalue weighted by atomic mass is 9.81. The molecule has 0 radical (unpaired) electrons. The number of hydrogen-bond acceptors (Lipinski definition) is 2. The number of rotatable bonds is 7. The molecule has 0 rings (SSSR count). The maximum atomic E-state index is 5.78. The summed E-state index contributed by atoms with van der Waals surface area (Å²) in [5.74, 6) is 0.629. The van der Waals surface area contributed by atoms with Crippen LogP contribution in [0.1, 0.15) is 60.8 Å². The van der Waals surface area contributed by atoms with E-state index < -0.39 is 0 Å². The van der Waals surface area contributed by atoms with Crippen LogP contribution in [-0.4, -0.2) is 18.6 Å². The van der Waals surface area contributed by atoms with Crippen molar-refractivity contribution >= 4 is 0 Å². The van der Waals surface area contributed by atoms with Crippen LogP contribution in [0.2, 0.25) is 0 Å². The van der Waals surface area contributed by atoms with Gasteiger partial charge in [0.15, 0.2) is 0 Å². The normalized spacial score (nSPS) is 15.2. The van der Waals surface area contributed by atoms with Crippen LogP contribution in [0, 0.1) is 11.3 Å². The smallest absolute Gasteiger partial charge is 0.0130 e. The molecule has 0 aliphatic rings. The Hall–Kier alpha value is -0.0800. The summed E-state index contributed by atoms with van der Waals surface area (Å²) >= 11 is 0. The van der Waals surface area contributed by atoms with Gasteiger partial charge in [0.1, 0.15) is 0 Å². The van der Waals surface area contributed by atoms with Gasteiger partial charge in [-0.1, -0.05) is 34.1 Å². The second-order valence-electron chi connectivity index (χ2n) is 6.89. The third-order valence-corrected chi connectivity index (χ3v) is 2.87. The third-order valence-electron chi connectivity index (χ3n) is 2.87. The fourth-order valence-electron chi connectivity index (χ4n) is 2.52. The van der Waals surface area contributed by atoms with Crippen LogP contribution in [0.15, 0.2) is 0 Å². The van der Waals surface area contributed by atoms with E-state index in [4.69, 9.17) is 5.73 Å². The van der Waals surface area contributed by atoms with E-state index in [1.807, 2.05) is 0 Å². The molecule has 0 bridgehead atoms. The summed E-state index contributed by atoms with van der Waals surface area (Å²) in [5, 5.41) is 3.67. The second-order valence-corrected chi connectivity index (χ2v) is 6.89. The van der Waals surface area contributed by atoms with Crippen LogP contribution in [0.5, 0.6) is 0 Å². The van der Waals surface area contributed by atoms with Gasteiger partial charge in [-0.15, -0.1) is 0 Å². The molecule has 0 aliphatic heterocycles. The van der Waals surface area contributed by atoms with Gasteiger partial charge in [-0.25, -0.2) is 0 Å². The average Bonchev–Trinajstić information content (AvgIpc) is 2.08. The molecule has 98 valence electrons. The summed E-state index contributed by atoms with van der Waals surface area (Å²) in [6.45, 7) is 15.5. The lowest BCUT2D eigenvalue weighted by Gasteiger charge is -2.34. The Morgan fingerprint density at radius 1 is 1.12 bits per heavy atom. The number of nitrogens with one attached hydrogen (secondary N) is 1. The zero-order chi connectivity index (χ0) is 12.8. The van der Waals surface area contributed by atoms with Crippen molar-refractivity contribution in [1.29, 1.82) is 0 Å². The number of hydrogen-bond donors (Lipinski definition) is 2. The summed E-state index contributed by atoms with van der Waals surface area (Å²) in [7, 11) is 0. The summed E-state index contributed by atoms with van der Waals surface area (Å²) in [5.41, 5.74) is 6.36. The maximum Gasteiger partial charge on any atom is 0.0130 e. The molecule has 0 aromatic heterocycles. The average molecular weight is 228 g/mol. The van der Waals surface area contributed by atoms with Gasteiger partial charge in [-0.3, -0.25) is 0 Å². The van der Waals surface area contributed by atoms with Gasteiger partial charge in [-0.05, 0) is 51.1 Å². The lowest BCUT2D eigenvalue weighted by Crippen LogP contribution is -2.45. The highest BCUT2D eigenvalue weighted by atomic mass is 15.0. The molecule has 0 saturated heterocycles. The van der Waals surface area contributed by atoms with Crippen LogP contribution in [0.3, 0.4) is 0 Å². The van der Waals surface area contributed by atoms with E-state index in [0.29, 0.717) is 11.3 Å². The molecule has 16 heavy (non-hydrogen) atoms. The molecule has 0 saturated carbocycles. The lowest BCUT2D eigenvalue weighted by molar-refractivity contribution is 0.231. The van der Waals surface area contributed by atoms with Gasteiger partial charge in [-0.2, -0.15) is 0 Å². The number of nitrogens with two attached hydrogens (primary N) is 1. The molecule has 0 amide bonds. The van der Waals surface area contributed by atoms with Crippen molar-refractivity contribution in [2.75, 3.05) is 13.1 Å². The van der Waals surface area contributed by atoms with Gasteiger partial charge >= 0.3 is 0 Å². The molecule has 3 N–H and O–H groups in total. The van der Waals surface area contributed by atoms with Gasteiger partial charge in [0.2, 0.25) is 0 Å². The zero-order valence-corrected chi connectivity index (χ0v) is 12.2. The highest BCUT2D eigenvalue weighted by Gasteiger charge is 2.25. The van der Waals surface area contributed by atoms with Crippen LogP contribution < -0.4 is 11.1 Å². The predicted molar refractivity (Wildman–Crippen MR) is 73.6 cm³/mol. The summed E-state index contributed by atoms with van der Waals surface area (Å²) in [6.07, 6.45) is 3.64. The maximum absolute atomic E-state index is 5.78. The molecular weight excluding hydrogens is 196 g/mol. The van der Waals surface area contributed by atoms with Gasteiger partial charge < -0.3 is 11.1 Å². The molecule has 2 heteroatoms. The van der Waals surface area contributed by atoms with Crippen molar-refractivity contribution in [3.63, 3.8) is 0 Å². The Bertz CT molecular complexity index is 180. The van der Waals surface area contributed by atoms with Crippen molar-refractivity contribution < 1.29 is 0 Å². The first-order chi connectivity index (χ1) is 7.20. The Morgan fingerprint density at radius 3 is 2.06 bits per heavy atom.